The summed E-state index contributed by atoms with van der Waals surface area (Å²) in [5.41, 5.74) is 5.76. The molecule has 0 aliphatic carbocycles. The number of aromatic nitrogens is 7. The quantitative estimate of drug-likeness (QED) is 0.155. The Kier molecular flexibility index (Phi) is 11.0. The maximum atomic E-state index is 11.7. The maximum Gasteiger partial charge on any atom is 0.248 e. The fraction of sp³-hybridized carbons (Fsp3) is 0.214. The number of rotatable bonds is 7. The van der Waals surface area contributed by atoms with Gasteiger partial charge in [-0.25, -0.2) is 19.6 Å². The Bertz CT molecular complexity index is 1750. The van der Waals surface area contributed by atoms with Crippen LogP contribution in [0.5, 0.6) is 0 Å². The molecule has 0 atom stereocenters. The molecule has 0 bridgehead atoms. The zero-order valence-corrected chi connectivity index (χ0v) is 25.1. The van der Waals surface area contributed by atoms with Gasteiger partial charge in [-0.3, -0.25) is 9.69 Å². The number of carbonyl (C=O) groups is 1. The van der Waals surface area contributed by atoms with Crippen LogP contribution in [-0.4, -0.2) is 46.4 Å². The molecule has 0 aliphatic rings. The van der Waals surface area contributed by atoms with Crippen LogP contribution < -0.4 is 10.2 Å². The lowest BCUT2D eigenvalue weighted by atomic mass is 10.0. The minimum atomic E-state index is -0.302. The van der Waals surface area contributed by atoms with Gasteiger partial charge in [-0.15, -0.1) is 10.2 Å². The van der Waals surface area contributed by atoms with Crippen molar-refractivity contribution in [2.45, 2.75) is 35.1 Å². The molecule has 0 unspecified atom stereocenters. The summed E-state index contributed by atoms with van der Waals surface area (Å²) in [5, 5.41) is 24.2. The lowest BCUT2D eigenvalue weighted by Crippen LogP contribution is -2.16. The van der Waals surface area contributed by atoms with Crippen LogP contribution in [0.1, 0.15) is 35.2 Å². The van der Waals surface area contributed by atoms with Crippen molar-refractivity contribution < 1.29 is 4.79 Å². The van der Waals surface area contributed by atoms with Gasteiger partial charge in [-0.1, -0.05) is 31.7 Å². The maximum absolute atomic E-state index is 11.7. The summed E-state index contributed by atoms with van der Waals surface area (Å²) < 4.78 is 9.46. The Balaban J connectivity index is 0.000000268. The van der Waals surface area contributed by atoms with Crippen molar-refractivity contribution in [3.8, 4) is 11.2 Å². The van der Waals surface area contributed by atoms with E-state index in [4.69, 9.17) is 5.26 Å². The van der Waals surface area contributed by atoms with Crippen LogP contribution in [0.25, 0.3) is 5.13 Å². The van der Waals surface area contributed by atoms with Gasteiger partial charge in [-0.05, 0) is 62.6 Å². The first-order valence-electron chi connectivity index (χ1n) is 12.4. The highest BCUT2D eigenvalue weighted by atomic mass is 32.1. The zero-order valence-electron chi connectivity index (χ0n) is 23.5. The monoisotopic (exact) mass is 614 g/mol. The number of nitrogens with one attached hydrogen (secondary N) is 1. The molecule has 0 saturated carbocycles. The highest BCUT2D eigenvalue weighted by Crippen LogP contribution is 2.39. The van der Waals surface area contributed by atoms with Gasteiger partial charge in [0.05, 0.1) is 11.9 Å². The van der Waals surface area contributed by atoms with E-state index in [0.717, 1.165) is 22.4 Å². The Morgan fingerprint density at radius 2 is 1.74 bits per heavy atom. The zero-order chi connectivity index (χ0) is 30.2. The van der Waals surface area contributed by atoms with Gasteiger partial charge in [0.1, 0.15) is 35.9 Å². The van der Waals surface area contributed by atoms with E-state index in [1.54, 1.807) is 6.20 Å². The number of benzene rings is 1. The molecule has 1 N–H and O–H groups in total. The molecular weight excluding hydrogens is 585 g/mol. The van der Waals surface area contributed by atoms with E-state index in [-0.39, 0.29) is 19.2 Å². The molecule has 220 valence electrons. The van der Waals surface area contributed by atoms with Crippen LogP contribution in [0.3, 0.4) is 0 Å². The van der Waals surface area contributed by atoms with E-state index in [1.165, 1.54) is 59.1 Å². The van der Waals surface area contributed by atoms with Crippen LogP contribution in [0.15, 0.2) is 66.0 Å². The Hall–Kier alpha value is -5.20. The van der Waals surface area contributed by atoms with Crippen molar-refractivity contribution in [3.05, 3.63) is 83.6 Å². The van der Waals surface area contributed by atoms with Crippen molar-refractivity contribution in [1.82, 2.24) is 33.5 Å². The topological polar surface area (TPSA) is 163 Å². The summed E-state index contributed by atoms with van der Waals surface area (Å²) in [6.45, 7) is 11.7. The number of amides is 1. The number of pyridine rings is 1. The minimum Gasteiger partial charge on any atom is -0.307 e. The van der Waals surface area contributed by atoms with E-state index in [0.29, 0.717) is 27.5 Å². The number of nitriles is 1. The van der Waals surface area contributed by atoms with Gasteiger partial charge >= 0.3 is 0 Å². The third-order valence-corrected chi connectivity index (χ3v) is 6.88. The average Bonchev–Trinajstić information content (AvgIpc) is 3.73. The van der Waals surface area contributed by atoms with E-state index in [9.17, 15) is 4.79 Å². The molecular formula is C28H30N12OS2. The number of anilines is 4. The van der Waals surface area contributed by atoms with E-state index >= 15 is 0 Å². The molecule has 43 heavy (non-hydrogen) atoms. The predicted molar refractivity (Wildman–Crippen MR) is 169 cm³/mol. The smallest absolute Gasteiger partial charge is 0.248 e. The van der Waals surface area contributed by atoms with Gasteiger partial charge in [0.15, 0.2) is 0 Å². The van der Waals surface area contributed by atoms with Crippen LogP contribution in [0.2, 0.25) is 0 Å². The van der Waals surface area contributed by atoms with Gasteiger partial charge < -0.3 is 5.32 Å². The van der Waals surface area contributed by atoms with Crippen LogP contribution in [0, 0.1) is 39.0 Å². The van der Waals surface area contributed by atoms with Crippen molar-refractivity contribution >= 4 is 57.2 Å². The number of nitrogens with zero attached hydrogens (tertiary/aromatic N) is 11. The predicted octanol–water partition coefficient (Wildman–Crippen LogP) is 6.71. The van der Waals surface area contributed by atoms with Crippen molar-refractivity contribution in [2.75, 3.05) is 17.3 Å². The lowest BCUT2D eigenvalue weighted by molar-refractivity contribution is -0.111. The molecule has 13 nitrogen and oxygen atoms in total. The Morgan fingerprint density at radius 3 is 2.33 bits per heavy atom. The van der Waals surface area contributed by atoms with E-state index in [1.807, 2.05) is 30.0 Å². The molecule has 1 aromatic carbocycles. The normalized spacial score (nSPS) is 10.3. The third kappa shape index (κ3) is 7.76. The molecule has 5 rings (SSSR count). The summed E-state index contributed by atoms with van der Waals surface area (Å²) in [6.07, 6.45) is 5.72. The molecule has 0 aliphatic heterocycles. The van der Waals surface area contributed by atoms with Crippen LogP contribution in [-0.2, 0) is 4.79 Å². The van der Waals surface area contributed by atoms with Crippen molar-refractivity contribution in [1.29, 1.82) is 5.26 Å². The fourth-order valence-corrected chi connectivity index (χ4v) is 5.09. The first-order chi connectivity index (χ1) is 20.2. The lowest BCUT2D eigenvalue weighted by Gasteiger charge is -2.25. The Morgan fingerprint density at radius 1 is 1.07 bits per heavy atom. The summed E-state index contributed by atoms with van der Waals surface area (Å²) >= 11 is 2.48. The molecule has 4 heterocycles. The molecule has 5 aromatic rings. The molecule has 1 amide bonds. The SMILES string of the molecule is C.C=CC(=O)Nc1cc(C)cc(N(c2ncns2)c2c(C)cc(C)cc2C)n1.CN=Nc1nn(-c2ncns2)cc1C#N. The van der Waals surface area contributed by atoms with E-state index < -0.39 is 0 Å². The summed E-state index contributed by atoms with van der Waals surface area (Å²) in [4.78, 5) is 26.7. The second-order valence-electron chi connectivity index (χ2n) is 8.83. The molecule has 4 aromatic heterocycles. The number of aryl methyl sites for hydroxylation is 4. The van der Waals surface area contributed by atoms with Crippen molar-refractivity contribution in [3.63, 3.8) is 0 Å². The summed E-state index contributed by atoms with van der Waals surface area (Å²) in [6, 6.07) is 10.0. The largest absolute Gasteiger partial charge is 0.307 e. The minimum absolute atomic E-state index is 0. The van der Waals surface area contributed by atoms with E-state index in [2.05, 4.69) is 83.8 Å². The highest BCUT2D eigenvalue weighted by molar-refractivity contribution is 7.09. The first-order valence-corrected chi connectivity index (χ1v) is 13.9. The van der Waals surface area contributed by atoms with Gasteiger partial charge in [0.25, 0.3) is 0 Å². The van der Waals surface area contributed by atoms with Gasteiger partial charge in [-0.2, -0.15) is 19.1 Å². The molecule has 0 saturated heterocycles. The number of hydrogen-bond donors (Lipinski definition) is 1. The summed E-state index contributed by atoms with van der Waals surface area (Å²) in [5.74, 6) is 1.12. The third-order valence-electron chi connectivity index (χ3n) is 5.58. The van der Waals surface area contributed by atoms with Gasteiger partial charge in [0, 0.05) is 30.1 Å². The average molecular weight is 615 g/mol. The standard InChI is InChI=1S/C20H21N5OS.C7H5N7S.CH4/c1-6-18(26)24-16-9-13(3)10-17(23-16)25(20-21-11-22-27-20)19-14(4)7-12(2)8-15(19)5;1-9-12-6-5(2-8)3-14(13-6)7-10-4-11-15-7;/h6-11H,1H2,2-5H3,(H,23,24,26);3-4H,1H3;1H4. The second-order valence-corrected chi connectivity index (χ2v) is 10.4. The number of hydrogen-bond acceptors (Lipinski definition) is 13. The molecule has 0 radical (unpaired) electrons. The fourth-order valence-electron chi connectivity index (χ4n) is 4.08. The first kappa shape index (κ1) is 32.3. The van der Waals surface area contributed by atoms with Crippen molar-refractivity contribution in [2.24, 2.45) is 10.2 Å². The Labute approximate surface area is 257 Å². The van der Waals surface area contributed by atoms with Crippen LogP contribution in [0.4, 0.5) is 28.3 Å². The number of azo groups is 1. The highest BCUT2D eigenvalue weighted by Gasteiger charge is 2.22. The second kappa shape index (κ2) is 14.6. The molecule has 15 heteroatoms. The van der Waals surface area contributed by atoms with Gasteiger partial charge in [0.2, 0.25) is 22.0 Å². The molecule has 0 fully saturated rings. The van der Waals surface area contributed by atoms with Crippen LogP contribution >= 0.6 is 23.1 Å². The summed E-state index contributed by atoms with van der Waals surface area (Å²) in [7, 11) is 1.52. The molecule has 0 spiro atoms. The number of carbonyl (C=O) groups excluding carboxylic acids is 1.